The average molecular weight is 272 g/mol. The van der Waals surface area contributed by atoms with E-state index in [9.17, 15) is 4.79 Å². The molecule has 20 heavy (non-hydrogen) atoms. The predicted octanol–water partition coefficient (Wildman–Crippen LogP) is 1.17. The number of likely N-dealkylation sites (tertiary alicyclic amines) is 1. The van der Waals surface area contributed by atoms with Crippen molar-refractivity contribution >= 4 is 5.97 Å². The number of aliphatic carboxylic acids is 1. The Morgan fingerprint density at radius 2 is 2.15 bits per heavy atom. The molecule has 104 valence electrons. The number of carboxylic acid groups (broad SMARTS) is 1. The Morgan fingerprint density at radius 3 is 2.85 bits per heavy atom. The number of carbonyl (C=O) groups is 1. The third kappa shape index (κ3) is 2.70. The number of carboxylic acids is 1. The normalized spacial score (nSPS) is 19.3. The van der Waals surface area contributed by atoms with Gasteiger partial charge in [0, 0.05) is 13.1 Å². The molecule has 1 aromatic heterocycles. The topological polar surface area (TPSA) is 71.2 Å². The Labute approximate surface area is 116 Å². The second kappa shape index (κ2) is 5.42. The van der Waals surface area contributed by atoms with Crippen molar-refractivity contribution in [3.05, 3.63) is 42.2 Å². The van der Waals surface area contributed by atoms with Crippen molar-refractivity contribution < 1.29 is 9.90 Å². The fourth-order valence-corrected chi connectivity index (χ4v) is 2.46. The van der Waals surface area contributed by atoms with E-state index >= 15 is 0 Å². The monoisotopic (exact) mass is 272 g/mol. The zero-order valence-corrected chi connectivity index (χ0v) is 11.0. The highest BCUT2D eigenvalue weighted by Crippen LogP contribution is 2.18. The summed E-state index contributed by atoms with van der Waals surface area (Å²) in [6.07, 6.45) is 2.45. The second-order valence-electron chi connectivity index (χ2n) is 5.02. The summed E-state index contributed by atoms with van der Waals surface area (Å²) in [6, 6.07) is 9.72. The molecule has 0 aliphatic carbocycles. The van der Waals surface area contributed by atoms with Crippen molar-refractivity contribution in [3.8, 4) is 5.69 Å². The van der Waals surface area contributed by atoms with E-state index in [1.165, 1.54) is 0 Å². The van der Waals surface area contributed by atoms with Gasteiger partial charge in [0.15, 0.2) is 0 Å². The summed E-state index contributed by atoms with van der Waals surface area (Å²) in [6.45, 7) is 2.04. The van der Waals surface area contributed by atoms with E-state index in [1.807, 2.05) is 30.3 Å². The van der Waals surface area contributed by atoms with Crippen LogP contribution in [0.15, 0.2) is 36.5 Å². The fourth-order valence-electron chi connectivity index (χ4n) is 2.46. The zero-order chi connectivity index (χ0) is 13.9. The quantitative estimate of drug-likeness (QED) is 0.904. The number of hydrogen-bond donors (Lipinski definition) is 1. The molecule has 1 saturated heterocycles. The molecule has 0 saturated carbocycles. The Morgan fingerprint density at radius 1 is 1.35 bits per heavy atom. The molecule has 1 aromatic carbocycles. The van der Waals surface area contributed by atoms with Crippen LogP contribution in [-0.4, -0.2) is 44.1 Å². The van der Waals surface area contributed by atoms with Gasteiger partial charge in [-0.3, -0.25) is 9.69 Å². The largest absolute Gasteiger partial charge is 0.481 e. The van der Waals surface area contributed by atoms with Crippen LogP contribution in [0, 0.1) is 5.92 Å². The van der Waals surface area contributed by atoms with E-state index in [-0.39, 0.29) is 5.92 Å². The van der Waals surface area contributed by atoms with Crippen LogP contribution in [0.5, 0.6) is 0 Å². The molecule has 1 atom stereocenters. The molecule has 2 aromatic rings. The molecule has 0 spiro atoms. The number of hydrogen-bond acceptors (Lipinski definition) is 4. The third-order valence-electron chi connectivity index (χ3n) is 3.53. The van der Waals surface area contributed by atoms with Crippen molar-refractivity contribution in [2.45, 2.75) is 13.0 Å². The summed E-state index contributed by atoms with van der Waals surface area (Å²) in [5.41, 5.74) is 1.78. The predicted molar refractivity (Wildman–Crippen MR) is 72.4 cm³/mol. The molecule has 0 bridgehead atoms. The summed E-state index contributed by atoms with van der Waals surface area (Å²) in [5, 5.41) is 17.7. The van der Waals surface area contributed by atoms with Crippen molar-refractivity contribution in [2.24, 2.45) is 5.92 Å². The Kier molecular flexibility index (Phi) is 3.47. The van der Waals surface area contributed by atoms with Crippen LogP contribution in [0.3, 0.4) is 0 Å². The summed E-state index contributed by atoms with van der Waals surface area (Å²) in [7, 11) is 0. The molecule has 0 radical (unpaired) electrons. The lowest BCUT2D eigenvalue weighted by molar-refractivity contribution is -0.141. The smallest absolute Gasteiger partial charge is 0.307 e. The van der Waals surface area contributed by atoms with Crippen LogP contribution in [0.25, 0.3) is 5.69 Å². The summed E-state index contributed by atoms with van der Waals surface area (Å²) < 4.78 is 0. The standard InChI is InChI=1S/C14H16N4O2/c19-14(20)11-6-7-17(9-11)10-12-8-15-18(16-12)13-4-2-1-3-5-13/h1-5,8,11H,6-7,9-10H2,(H,19,20). The van der Waals surface area contributed by atoms with Gasteiger partial charge in [-0.25, -0.2) is 0 Å². The van der Waals surface area contributed by atoms with E-state index in [4.69, 9.17) is 5.11 Å². The van der Waals surface area contributed by atoms with E-state index in [2.05, 4.69) is 15.1 Å². The van der Waals surface area contributed by atoms with Crippen LogP contribution in [0.2, 0.25) is 0 Å². The zero-order valence-electron chi connectivity index (χ0n) is 11.0. The first-order valence-corrected chi connectivity index (χ1v) is 6.64. The maximum absolute atomic E-state index is 10.9. The molecular formula is C14H16N4O2. The first kappa shape index (κ1) is 12.8. The highest BCUT2D eigenvalue weighted by molar-refractivity contribution is 5.70. The van der Waals surface area contributed by atoms with Crippen molar-refractivity contribution in [2.75, 3.05) is 13.1 Å². The van der Waals surface area contributed by atoms with E-state index in [0.29, 0.717) is 19.5 Å². The maximum Gasteiger partial charge on any atom is 0.307 e. The van der Waals surface area contributed by atoms with E-state index in [1.54, 1.807) is 11.0 Å². The van der Waals surface area contributed by atoms with Gasteiger partial charge in [0.25, 0.3) is 0 Å². The van der Waals surface area contributed by atoms with E-state index < -0.39 is 5.97 Å². The van der Waals surface area contributed by atoms with Crippen LogP contribution in [0.1, 0.15) is 12.1 Å². The SMILES string of the molecule is O=C(O)C1CCN(Cc2cnn(-c3ccccc3)n2)C1. The molecule has 1 N–H and O–H groups in total. The second-order valence-corrected chi connectivity index (χ2v) is 5.02. The van der Waals surface area contributed by atoms with Crippen molar-refractivity contribution in [3.63, 3.8) is 0 Å². The van der Waals surface area contributed by atoms with Crippen molar-refractivity contribution in [1.82, 2.24) is 19.9 Å². The Bertz CT molecular complexity index is 596. The molecule has 6 heteroatoms. The molecule has 1 aliphatic rings. The Balaban J connectivity index is 1.65. The molecule has 1 aliphatic heterocycles. The lowest BCUT2D eigenvalue weighted by atomic mass is 10.1. The molecule has 6 nitrogen and oxygen atoms in total. The molecule has 0 amide bonds. The maximum atomic E-state index is 10.9. The highest BCUT2D eigenvalue weighted by Gasteiger charge is 2.28. The number of nitrogens with zero attached hydrogens (tertiary/aromatic N) is 4. The van der Waals surface area contributed by atoms with Crippen LogP contribution >= 0.6 is 0 Å². The minimum atomic E-state index is -0.708. The highest BCUT2D eigenvalue weighted by atomic mass is 16.4. The first-order valence-electron chi connectivity index (χ1n) is 6.64. The number of para-hydroxylation sites is 1. The number of aromatic nitrogens is 3. The lowest BCUT2D eigenvalue weighted by Gasteiger charge is -2.12. The summed E-state index contributed by atoms with van der Waals surface area (Å²) in [4.78, 5) is 14.6. The van der Waals surface area contributed by atoms with Gasteiger partial charge in [-0.05, 0) is 25.1 Å². The minimum absolute atomic E-state index is 0.251. The van der Waals surface area contributed by atoms with Gasteiger partial charge in [0.1, 0.15) is 0 Å². The van der Waals surface area contributed by atoms with Crippen molar-refractivity contribution in [1.29, 1.82) is 0 Å². The lowest BCUT2D eigenvalue weighted by Crippen LogP contribution is -2.23. The molecule has 1 unspecified atom stereocenters. The minimum Gasteiger partial charge on any atom is -0.481 e. The van der Waals surface area contributed by atoms with Gasteiger partial charge in [-0.2, -0.15) is 15.0 Å². The number of benzene rings is 1. The van der Waals surface area contributed by atoms with Gasteiger partial charge in [0.2, 0.25) is 0 Å². The average Bonchev–Trinajstić information content (AvgIpc) is 3.10. The van der Waals surface area contributed by atoms with Crippen LogP contribution in [0.4, 0.5) is 0 Å². The van der Waals surface area contributed by atoms with Gasteiger partial charge in [-0.1, -0.05) is 18.2 Å². The van der Waals surface area contributed by atoms with E-state index in [0.717, 1.165) is 17.9 Å². The molecule has 2 heterocycles. The van der Waals surface area contributed by atoms with Gasteiger partial charge >= 0.3 is 5.97 Å². The fraction of sp³-hybridized carbons (Fsp3) is 0.357. The van der Waals surface area contributed by atoms with Gasteiger partial charge in [0.05, 0.1) is 23.5 Å². The van der Waals surface area contributed by atoms with Crippen LogP contribution in [-0.2, 0) is 11.3 Å². The summed E-state index contributed by atoms with van der Waals surface area (Å²) >= 11 is 0. The molecular weight excluding hydrogens is 256 g/mol. The number of rotatable bonds is 4. The van der Waals surface area contributed by atoms with Gasteiger partial charge < -0.3 is 5.11 Å². The Hall–Kier alpha value is -2.21. The third-order valence-corrected chi connectivity index (χ3v) is 3.53. The van der Waals surface area contributed by atoms with Crippen LogP contribution < -0.4 is 0 Å². The summed E-state index contributed by atoms with van der Waals surface area (Å²) in [5.74, 6) is -0.959. The molecule has 1 fully saturated rings. The first-order chi connectivity index (χ1) is 9.72. The molecule has 3 rings (SSSR count). The van der Waals surface area contributed by atoms with Gasteiger partial charge in [-0.15, -0.1) is 0 Å².